The van der Waals surface area contributed by atoms with E-state index in [4.69, 9.17) is 0 Å². The molecule has 214 valence electrons. The summed E-state index contributed by atoms with van der Waals surface area (Å²) in [7, 11) is 0. The van der Waals surface area contributed by atoms with Gasteiger partial charge in [0.05, 0.1) is 23.5 Å². The van der Waals surface area contributed by atoms with E-state index < -0.39 is 29.5 Å². The molecule has 3 heterocycles. The van der Waals surface area contributed by atoms with Crippen LogP contribution < -0.4 is 10.6 Å². The van der Waals surface area contributed by atoms with Gasteiger partial charge in [-0.2, -0.15) is 22.8 Å². The monoisotopic (exact) mass is 570 g/mol. The van der Waals surface area contributed by atoms with Gasteiger partial charge in [0.15, 0.2) is 11.4 Å². The Hall–Kier alpha value is -4.34. The SMILES string of the molecule is Cc1nc(F)ccc1C(Nc1cc(F)c2ncc(C#N)c(NCC(C)(C)C)c2c1)c1cn(C2(C(F)(F)F)CC2)nn1. The van der Waals surface area contributed by atoms with Gasteiger partial charge in [-0.25, -0.2) is 14.1 Å². The van der Waals surface area contributed by atoms with E-state index in [1.165, 1.54) is 24.5 Å². The van der Waals surface area contributed by atoms with Gasteiger partial charge in [-0.3, -0.25) is 4.98 Å². The van der Waals surface area contributed by atoms with Crippen molar-refractivity contribution in [2.45, 2.75) is 58.3 Å². The van der Waals surface area contributed by atoms with Crippen LogP contribution in [0.4, 0.5) is 33.3 Å². The van der Waals surface area contributed by atoms with Crippen LogP contribution in [0.2, 0.25) is 0 Å². The molecule has 1 aromatic carbocycles. The molecule has 2 N–H and O–H groups in total. The molecule has 1 aliphatic carbocycles. The van der Waals surface area contributed by atoms with Crippen molar-refractivity contribution in [1.82, 2.24) is 25.0 Å². The third-order valence-electron chi connectivity index (χ3n) is 7.05. The van der Waals surface area contributed by atoms with Crippen molar-refractivity contribution < 1.29 is 22.0 Å². The van der Waals surface area contributed by atoms with Crippen molar-refractivity contribution >= 4 is 22.3 Å². The fourth-order valence-electron chi connectivity index (χ4n) is 4.67. The number of alkyl halides is 3. The summed E-state index contributed by atoms with van der Waals surface area (Å²) in [6.45, 7) is 8.04. The molecule has 0 bridgehead atoms. The Kier molecular flexibility index (Phi) is 6.83. The summed E-state index contributed by atoms with van der Waals surface area (Å²) >= 11 is 0. The van der Waals surface area contributed by atoms with Gasteiger partial charge in [0.1, 0.15) is 17.3 Å². The Morgan fingerprint density at radius 1 is 1.15 bits per heavy atom. The van der Waals surface area contributed by atoms with Gasteiger partial charge >= 0.3 is 6.18 Å². The first-order valence-corrected chi connectivity index (χ1v) is 12.9. The molecule has 0 amide bonds. The number of nitrogens with one attached hydrogen (secondary N) is 2. The predicted molar refractivity (Wildman–Crippen MR) is 142 cm³/mol. The Labute approximate surface area is 232 Å². The van der Waals surface area contributed by atoms with Gasteiger partial charge in [0.2, 0.25) is 5.95 Å². The number of halogens is 5. The molecule has 0 saturated heterocycles. The zero-order valence-corrected chi connectivity index (χ0v) is 22.7. The highest BCUT2D eigenvalue weighted by molar-refractivity contribution is 5.96. The molecule has 0 spiro atoms. The van der Waals surface area contributed by atoms with E-state index in [2.05, 4.69) is 37.0 Å². The van der Waals surface area contributed by atoms with Crippen LogP contribution in [-0.4, -0.2) is 37.7 Å². The van der Waals surface area contributed by atoms with Gasteiger partial charge < -0.3 is 10.6 Å². The van der Waals surface area contributed by atoms with E-state index in [-0.39, 0.29) is 46.4 Å². The lowest BCUT2D eigenvalue weighted by atomic mass is 9.96. The molecule has 13 heteroatoms. The minimum absolute atomic E-state index is 0.0361. The Balaban J connectivity index is 1.61. The van der Waals surface area contributed by atoms with E-state index in [9.17, 15) is 22.8 Å². The van der Waals surface area contributed by atoms with Crippen LogP contribution in [0.1, 0.15) is 62.2 Å². The highest BCUT2D eigenvalue weighted by Gasteiger charge is 2.66. The minimum atomic E-state index is -4.52. The number of aromatic nitrogens is 5. The Bertz CT molecular complexity index is 1660. The molecule has 8 nitrogen and oxygen atoms in total. The Morgan fingerprint density at radius 3 is 2.49 bits per heavy atom. The second-order valence-corrected chi connectivity index (χ2v) is 11.4. The van der Waals surface area contributed by atoms with Crippen LogP contribution >= 0.6 is 0 Å². The number of fused-ring (bicyclic) bond motifs is 1. The summed E-state index contributed by atoms with van der Waals surface area (Å²) in [5.74, 6) is -1.41. The molecule has 41 heavy (non-hydrogen) atoms. The normalized spacial score (nSPS) is 15.4. The number of anilines is 2. The van der Waals surface area contributed by atoms with Crippen LogP contribution in [0.15, 0.2) is 36.7 Å². The first-order valence-electron chi connectivity index (χ1n) is 12.9. The Morgan fingerprint density at radius 2 is 1.88 bits per heavy atom. The lowest BCUT2D eigenvalue weighted by molar-refractivity contribution is -0.182. The summed E-state index contributed by atoms with van der Waals surface area (Å²) in [6, 6.07) is 6.47. The van der Waals surface area contributed by atoms with Crippen LogP contribution in [-0.2, 0) is 5.54 Å². The third-order valence-corrected chi connectivity index (χ3v) is 7.05. The highest BCUT2D eigenvalue weighted by Crippen LogP contribution is 2.55. The first kappa shape index (κ1) is 28.2. The number of aryl methyl sites for hydroxylation is 1. The second-order valence-electron chi connectivity index (χ2n) is 11.4. The summed E-state index contributed by atoms with van der Waals surface area (Å²) < 4.78 is 71.4. The van der Waals surface area contributed by atoms with Gasteiger partial charge in [0.25, 0.3) is 0 Å². The van der Waals surface area contributed by atoms with E-state index in [0.717, 1.165) is 10.7 Å². The van der Waals surface area contributed by atoms with Crippen molar-refractivity contribution in [3.05, 3.63) is 70.9 Å². The fraction of sp³-hybridized carbons (Fsp3) is 0.393. The van der Waals surface area contributed by atoms with Crippen LogP contribution in [0.5, 0.6) is 0 Å². The van der Waals surface area contributed by atoms with Crippen LogP contribution in [0.3, 0.4) is 0 Å². The average Bonchev–Trinajstić information content (AvgIpc) is 3.57. The van der Waals surface area contributed by atoms with E-state index >= 15 is 4.39 Å². The minimum Gasteiger partial charge on any atom is -0.383 e. The van der Waals surface area contributed by atoms with Gasteiger partial charge in [-0.1, -0.05) is 32.1 Å². The maximum absolute atomic E-state index is 15.4. The number of hydrogen-bond donors (Lipinski definition) is 2. The standard InChI is InChI=1S/C28H27F5N8/c1-15-18(5-6-22(30)37-15)25(21-13-41(40-39-21)27(7-8-27)28(31,32)33)38-17-9-19-23(36-14-26(2,3)4)16(11-34)12-35-24(19)20(29)10-17/h5-6,9-10,12-13,25,38H,7-8,14H2,1-4H3,(H,35,36). The van der Waals surface area contributed by atoms with Gasteiger partial charge in [-0.15, -0.1) is 5.10 Å². The highest BCUT2D eigenvalue weighted by atomic mass is 19.4. The lowest BCUT2D eigenvalue weighted by Crippen LogP contribution is -2.35. The van der Waals surface area contributed by atoms with Crippen molar-refractivity contribution in [3.8, 4) is 6.07 Å². The number of pyridine rings is 2. The summed E-state index contributed by atoms with van der Waals surface area (Å²) in [6.07, 6.45) is -2.26. The molecule has 1 unspecified atom stereocenters. The molecule has 0 radical (unpaired) electrons. The van der Waals surface area contributed by atoms with Crippen LogP contribution in [0, 0.1) is 35.4 Å². The number of rotatable bonds is 7. The largest absolute Gasteiger partial charge is 0.413 e. The van der Waals surface area contributed by atoms with E-state index in [1.54, 1.807) is 13.0 Å². The smallest absolute Gasteiger partial charge is 0.383 e. The van der Waals surface area contributed by atoms with Crippen molar-refractivity contribution in [2.75, 3.05) is 17.2 Å². The average molecular weight is 571 g/mol. The molecule has 5 rings (SSSR count). The maximum Gasteiger partial charge on any atom is 0.413 e. The molecular weight excluding hydrogens is 543 g/mol. The molecule has 1 saturated carbocycles. The number of hydrogen-bond acceptors (Lipinski definition) is 7. The van der Waals surface area contributed by atoms with Gasteiger partial charge in [-0.05, 0) is 43.4 Å². The van der Waals surface area contributed by atoms with Crippen molar-refractivity contribution in [2.24, 2.45) is 5.41 Å². The summed E-state index contributed by atoms with van der Waals surface area (Å²) in [4.78, 5) is 7.98. The first-order chi connectivity index (χ1) is 19.2. The molecule has 1 atom stereocenters. The van der Waals surface area contributed by atoms with E-state index in [1.807, 2.05) is 20.8 Å². The maximum atomic E-state index is 15.4. The molecule has 4 aromatic rings. The predicted octanol–water partition coefficient (Wildman–Crippen LogP) is 6.39. The third kappa shape index (κ3) is 5.38. The molecule has 0 aliphatic heterocycles. The number of nitriles is 1. The topological polar surface area (TPSA) is 104 Å². The lowest BCUT2D eigenvalue weighted by Gasteiger charge is -2.23. The number of benzene rings is 1. The molecule has 3 aromatic heterocycles. The number of nitrogens with zero attached hydrogens (tertiary/aromatic N) is 6. The van der Waals surface area contributed by atoms with Crippen molar-refractivity contribution in [1.29, 1.82) is 5.26 Å². The van der Waals surface area contributed by atoms with E-state index in [0.29, 0.717) is 23.2 Å². The van der Waals surface area contributed by atoms with Crippen molar-refractivity contribution in [3.63, 3.8) is 0 Å². The quantitative estimate of drug-likeness (QED) is 0.196. The fourth-order valence-corrected chi connectivity index (χ4v) is 4.67. The molecular formula is C28H27F5N8. The second kappa shape index (κ2) is 9.94. The summed E-state index contributed by atoms with van der Waals surface area (Å²) in [5.41, 5.74) is -0.623. The molecule has 1 aliphatic rings. The van der Waals surface area contributed by atoms with Crippen LogP contribution in [0.25, 0.3) is 10.9 Å². The summed E-state index contributed by atoms with van der Waals surface area (Å²) in [5, 5.41) is 24.2. The zero-order valence-electron chi connectivity index (χ0n) is 22.7. The van der Waals surface area contributed by atoms with Gasteiger partial charge in [0, 0.05) is 35.1 Å². The molecule has 1 fully saturated rings. The zero-order chi connectivity index (χ0) is 29.7.